The molecular formula is C18H19NO4. The Morgan fingerprint density at radius 2 is 1.96 bits per heavy atom. The molecule has 2 aliphatic rings. The molecule has 0 spiro atoms. The molecule has 0 saturated heterocycles. The van der Waals surface area contributed by atoms with E-state index < -0.39 is 11.9 Å². The van der Waals surface area contributed by atoms with Gasteiger partial charge in [0.25, 0.3) is 0 Å². The molecule has 1 aromatic rings. The summed E-state index contributed by atoms with van der Waals surface area (Å²) in [5.74, 6) is -1.71. The molecule has 1 amide bonds. The van der Waals surface area contributed by atoms with E-state index in [-0.39, 0.29) is 18.1 Å². The molecule has 120 valence electrons. The molecule has 1 unspecified atom stereocenters. The number of hydrogen-bond acceptors (Lipinski definition) is 4. The number of ketones is 1. The monoisotopic (exact) mass is 313 g/mol. The van der Waals surface area contributed by atoms with Crippen LogP contribution in [-0.2, 0) is 25.7 Å². The molecule has 0 radical (unpaired) electrons. The number of methoxy groups -OCH3 is 1. The van der Waals surface area contributed by atoms with Gasteiger partial charge in [-0.1, -0.05) is 30.3 Å². The summed E-state index contributed by atoms with van der Waals surface area (Å²) in [5, 5.41) is 0. The van der Waals surface area contributed by atoms with Crippen LogP contribution in [0.15, 0.2) is 41.6 Å². The number of nitrogens with zero attached hydrogens (tertiary/aromatic N) is 1. The molecule has 23 heavy (non-hydrogen) atoms. The molecule has 5 nitrogen and oxygen atoms in total. The van der Waals surface area contributed by atoms with Gasteiger partial charge >= 0.3 is 5.97 Å². The number of amides is 1. The van der Waals surface area contributed by atoms with Gasteiger partial charge in [0.2, 0.25) is 5.91 Å². The van der Waals surface area contributed by atoms with Gasteiger partial charge in [0, 0.05) is 17.7 Å². The summed E-state index contributed by atoms with van der Waals surface area (Å²) >= 11 is 0. The molecule has 1 heterocycles. The zero-order valence-electron chi connectivity index (χ0n) is 13.1. The first-order valence-electron chi connectivity index (χ1n) is 7.80. The first-order valence-corrected chi connectivity index (χ1v) is 7.80. The minimum atomic E-state index is -0.912. The van der Waals surface area contributed by atoms with Crippen molar-refractivity contribution in [1.82, 2.24) is 4.90 Å². The molecule has 5 heteroatoms. The van der Waals surface area contributed by atoms with Gasteiger partial charge in [-0.15, -0.1) is 0 Å². The lowest BCUT2D eigenvalue weighted by Gasteiger charge is -2.37. The highest BCUT2D eigenvalue weighted by Crippen LogP contribution is 2.36. The molecule has 0 N–H and O–H groups in total. The Balaban J connectivity index is 1.98. The van der Waals surface area contributed by atoms with Gasteiger partial charge in [-0.25, -0.2) is 0 Å². The van der Waals surface area contributed by atoms with E-state index in [4.69, 9.17) is 4.74 Å². The number of esters is 1. The number of allylic oxidation sites excluding steroid dienone is 2. The van der Waals surface area contributed by atoms with E-state index in [0.29, 0.717) is 25.0 Å². The van der Waals surface area contributed by atoms with E-state index in [1.165, 1.54) is 7.11 Å². The van der Waals surface area contributed by atoms with E-state index in [9.17, 15) is 14.4 Å². The average molecular weight is 313 g/mol. The van der Waals surface area contributed by atoms with Crippen molar-refractivity contribution in [2.45, 2.75) is 32.2 Å². The van der Waals surface area contributed by atoms with Gasteiger partial charge in [0.15, 0.2) is 5.78 Å². The Labute approximate surface area is 134 Å². The molecule has 1 aliphatic heterocycles. The second-order valence-electron chi connectivity index (χ2n) is 5.89. The molecule has 0 bridgehead atoms. The summed E-state index contributed by atoms with van der Waals surface area (Å²) < 4.78 is 4.75. The summed E-state index contributed by atoms with van der Waals surface area (Å²) in [6.45, 7) is 0.374. The number of benzene rings is 1. The van der Waals surface area contributed by atoms with Gasteiger partial charge < -0.3 is 9.64 Å². The largest absolute Gasteiger partial charge is 0.468 e. The SMILES string of the molecule is COC(=O)C1CC2=C(CCCC2=O)N(Cc2ccccc2)C1=O. The van der Waals surface area contributed by atoms with Crippen LogP contribution in [0.4, 0.5) is 0 Å². The standard InChI is InChI=1S/C18H19NO4/c1-23-18(22)14-10-13-15(8-5-9-16(13)20)19(17(14)21)11-12-6-3-2-4-7-12/h2-4,6-7,14H,5,8-11H2,1H3. The number of carbonyl (C=O) groups is 3. The van der Waals surface area contributed by atoms with Crippen LogP contribution in [0.1, 0.15) is 31.2 Å². The maximum absolute atomic E-state index is 12.8. The molecule has 3 rings (SSSR count). The highest BCUT2D eigenvalue weighted by Gasteiger charge is 2.42. The second-order valence-corrected chi connectivity index (χ2v) is 5.89. The Morgan fingerprint density at radius 1 is 1.22 bits per heavy atom. The van der Waals surface area contributed by atoms with Crippen molar-refractivity contribution in [3.63, 3.8) is 0 Å². The van der Waals surface area contributed by atoms with Gasteiger partial charge in [0.1, 0.15) is 5.92 Å². The maximum Gasteiger partial charge on any atom is 0.318 e. The molecule has 0 fully saturated rings. The molecule has 0 saturated carbocycles. The van der Waals surface area contributed by atoms with Crippen LogP contribution in [0.5, 0.6) is 0 Å². The third-order valence-corrected chi connectivity index (χ3v) is 4.47. The summed E-state index contributed by atoms with van der Waals surface area (Å²) in [4.78, 5) is 38.6. The van der Waals surface area contributed by atoms with E-state index in [1.807, 2.05) is 30.3 Å². The summed E-state index contributed by atoms with van der Waals surface area (Å²) in [5.41, 5.74) is 2.38. The van der Waals surface area contributed by atoms with Crippen molar-refractivity contribution in [2.24, 2.45) is 5.92 Å². The minimum Gasteiger partial charge on any atom is -0.468 e. The Hall–Kier alpha value is -2.43. The van der Waals surface area contributed by atoms with E-state index >= 15 is 0 Å². The maximum atomic E-state index is 12.8. The normalized spacial score (nSPS) is 21.3. The fourth-order valence-electron chi connectivity index (χ4n) is 3.29. The molecule has 1 aliphatic carbocycles. The van der Waals surface area contributed by atoms with Gasteiger partial charge in [-0.05, 0) is 24.8 Å². The molecule has 1 aromatic carbocycles. The van der Waals surface area contributed by atoms with Crippen molar-refractivity contribution in [2.75, 3.05) is 7.11 Å². The number of rotatable bonds is 3. The highest BCUT2D eigenvalue weighted by molar-refractivity contribution is 6.05. The van der Waals surface area contributed by atoms with Crippen LogP contribution in [-0.4, -0.2) is 29.7 Å². The third kappa shape index (κ3) is 2.91. The fourth-order valence-corrected chi connectivity index (χ4v) is 3.29. The lowest BCUT2D eigenvalue weighted by atomic mass is 9.83. The first-order chi connectivity index (χ1) is 11.1. The van der Waals surface area contributed by atoms with Crippen molar-refractivity contribution >= 4 is 17.7 Å². The third-order valence-electron chi connectivity index (χ3n) is 4.47. The number of ether oxygens (including phenoxy) is 1. The van der Waals surface area contributed by atoms with Crippen molar-refractivity contribution < 1.29 is 19.1 Å². The first kappa shape index (κ1) is 15.5. The van der Waals surface area contributed by atoms with Gasteiger partial charge in [0.05, 0.1) is 13.7 Å². The predicted molar refractivity (Wildman–Crippen MR) is 83.0 cm³/mol. The van der Waals surface area contributed by atoms with E-state index in [2.05, 4.69) is 0 Å². The summed E-state index contributed by atoms with van der Waals surface area (Å²) in [6, 6.07) is 9.58. The number of Topliss-reactive ketones (excluding diaryl/α,β-unsaturated/α-hetero) is 1. The van der Waals surface area contributed by atoms with Crippen molar-refractivity contribution in [3.8, 4) is 0 Å². The van der Waals surface area contributed by atoms with Crippen LogP contribution < -0.4 is 0 Å². The lowest BCUT2D eigenvalue weighted by Crippen LogP contribution is -2.45. The van der Waals surface area contributed by atoms with E-state index in [1.54, 1.807) is 4.90 Å². The molecule has 0 aromatic heterocycles. The Kier molecular flexibility index (Phi) is 4.28. The summed E-state index contributed by atoms with van der Waals surface area (Å²) in [6.07, 6.45) is 2.11. The van der Waals surface area contributed by atoms with E-state index in [0.717, 1.165) is 17.7 Å². The van der Waals surface area contributed by atoms with Crippen molar-refractivity contribution in [3.05, 3.63) is 47.2 Å². The van der Waals surface area contributed by atoms with Crippen LogP contribution in [0.3, 0.4) is 0 Å². The molecule has 1 atom stereocenters. The van der Waals surface area contributed by atoms with Gasteiger partial charge in [-0.3, -0.25) is 14.4 Å². The van der Waals surface area contributed by atoms with Crippen LogP contribution in [0.2, 0.25) is 0 Å². The lowest BCUT2D eigenvalue weighted by molar-refractivity contribution is -0.154. The van der Waals surface area contributed by atoms with Crippen LogP contribution in [0, 0.1) is 5.92 Å². The quantitative estimate of drug-likeness (QED) is 0.634. The van der Waals surface area contributed by atoms with Crippen molar-refractivity contribution in [1.29, 1.82) is 0 Å². The van der Waals surface area contributed by atoms with Gasteiger partial charge in [-0.2, -0.15) is 0 Å². The fraction of sp³-hybridized carbons (Fsp3) is 0.389. The average Bonchev–Trinajstić information content (AvgIpc) is 2.58. The van der Waals surface area contributed by atoms with Crippen LogP contribution in [0.25, 0.3) is 0 Å². The Morgan fingerprint density at radius 3 is 2.65 bits per heavy atom. The zero-order chi connectivity index (χ0) is 16.4. The smallest absolute Gasteiger partial charge is 0.318 e. The zero-order valence-corrected chi connectivity index (χ0v) is 13.1. The molecular weight excluding hydrogens is 294 g/mol. The second kappa shape index (κ2) is 6.36. The minimum absolute atomic E-state index is 0.0470. The summed E-state index contributed by atoms with van der Waals surface area (Å²) in [7, 11) is 1.27. The topological polar surface area (TPSA) is 63.7 Å². The number of carbonyl (C=O) groups excluding carboxylic acids is 3. The van der Waals surface area contributed by atoms with Crippen LogP contribution >= 0.6 is 0 Å². The highest BCUT2D eigenvalue weighted by atomic mass is 16.5. The predicted octanol–water partition coefficient (Wildman–Crippen LogP) is 2.22. The number of hydrogen-bond donors (Lipinski definition) is 0. The Bertz CT molecular complexity index is 678.